The Morgan fingerprint density at radius 2 is 2.25 bits per heavy atom. The number of benzene rings is 1. The zero-order valence-electron chi connectivity index (χ0n) is 9.53. The minimum absolute atomic E-state index is 0.0113. The molecule has 0 aliphatic carbocycles. The van der Waals surface area contributed by atoms with Gasteiger partial charge in [-0.15, -0.1) is 0 Å². The van der Waals surface area contributed by atoms with Gasteiger partial charge >= 0.3 is 0 Å². The van der Waals surface area contributed by atoms with Crippen LogP contribution in [0.2, 0.25) is 0 Å². The van der Waals surface area contributed by atoms with Crippen molar-refractivity contribution in [3.05, 3.63) is 29.3 Å². The molecule has 1 unspecified atom stereocenters. The molecule has 4 nitrogen and oxygen atoms in total. The SMILES string of the molecule is CNC1C(=O)N(CCO)c2ccc(C)cc21. The fourth-order valence-electron chi connectivity index (χ4n) is 2.17. The van der Waals surface area contributed by atoms with Crippen LogP contribution < -0.4 is 10.2 Å². The molecule has 86 valence electrons. The number of carbonyl (C=O) groups excluding carboxylic acids is 1. The maximum Gasteiger partial charge on any atom is 0.248 e. The number of hydrogen-bond donors (Lipinski definition) is 2. The van der Waals surface area contributed by atoms with Crippen LogP contribution in [-0.4, -0.2) is 31.2 Å². The highest BCUT2D eigenvalue weighted by molar-refractivity contribution is 6.04. The standard InChI is InChI=1S/C12H16N2O2/c1-8-3-4-10-9(7-8)11(13-2)12(16)14(10)5-6-15/h3-4,7,11,13,15H,5-6H2,1-2H3. The monoisotopic (exact) mass is 220 g/mol. The maximum atomic E-state index is 12.0. The summed E-state index contributed by atoms with van der Waals surface area (Å²) in [7, 11) is 1.77. The smallest absolute Gasteiger partial charge is 0.248 e. The van der Waals surface area contributed by atoms with Crippen LogP contribution in [0.5, 0.6) is 0 Å². The number of aliphatic hydroxyl groups is 1. The van der Waals surface area contributed by atoms with Crippen molar-refractivity contribution in [2.24, 2.45) is 0 Å². The Kier molecular flexibility index (Phi) is 2.94. The predicted octanol–water partition coefficient (Wildman–Crippen LogP) is 0.594. The summed E-state index contributed by atoms with van der Waals surface area (Å²) >= 11 is 0. The molecule has 2 rings (SSSR count). The van der Waals surface area contributed by atoms with Crippen LogP contribution in [0, 0.1) is 6.92 Å². The van der Waals surface area contributed by atoms with Gasteiger partial charge in [0.15, 0.2) is 0 Å². The number of nitrogens with one attached hydrogen (secondary N) is 1. The largest absolute Gasteiger partial charge is 0.395 e. The highest BCUT2D eigenvalue weighted by atomic mass is 16.3. The van der Waals surface area contributed by atoms with E-state index in [0.717, 1.165) is 16.8 Å². The Balaban J connectivity index is 2.46. The summed E-state index contributed by atoms with van der Waals surface area (Å²) in [5.41, 5.74) is 3.04. The number of rotatable bonds is 3. The fourth-order valence-corrected chi connectivity index (χ4v) is 2.17. The number of amides is 1. The molecule has 0 spiro atoms. The number of fused-ring (bicyclic) bond motifs is 1. The van der Waals surface area contributed by atoms with Crippen molar-refractivity contribution in [1.29, 1.82) is 0 Å². The highest BCUT2D eigenvalue weighted by Crippen LogP contribution is 2.35. The Bertz CT molecular complexity index is 417. The van der Waals surface area contributed by atoms with Crippen molar-refractivity contribution < 1.29 is 9.90 Å². The summed E-state index contributed by atoms with van der Waals surface area (Å²) in [5.74, 6) is 0.0113. The minimum atomic E-state index is -0.276. The lowest BCUT2D eigenvalue weighted by Gasteiger charge is -2.16. The van der Waals surface area contributed by atoms with E-state index in [4.69, 9.17) is 5.11 Å². The van der Waals surface area contributed by atoms with Crippen LogP contribution in [0.15, 0.2) is 18.2 Å². The Morgan fingerprint density at radius 1 is 1.50 bits per heavy atom. The van der Waals surface area contributed by atoms with Crippen LogP contribution in [0.4, 0.5) is 5.69 Å². The molecule has 2 N–H and O–H groups in total. The van der Waals surface area contributed by atoms with Crippen molar-refractivity contribution in [1.82, 2.24) is 5.32 Å². The number of anilines is 1. The van der Waals surface area contributed by atoms with Crippen molar-refractivity contribution in [2.75, 3.05) is 25.1 Å². The van der Waals surface area contributed by atoms with E-state index in [-0.39, 0.29) is 18.6 Å². The van der Waals surface area contributed by atoms with Gasteiger partial charge in [0.25, 0.3) is 0 Å². The first kappa shape index (κ1) is 11.1. The molecule has 1 amide bonds. The quantitative estimate of drug-likeness (QED) is 0.784. The summed E-state index contributed by atoms with van der Waals surface area (Å²) in [6, 6.07) is 5.66. The lowest BCUT2D eigenvalue weighted by atomic mass is 10.1. The van der Waals surface area contributed by atoms with Gasteiger partial charge in [-0.1, -0.05) is 17.7 Å². The molecule has 1 heterocycles. The van der Waals surface area contributed by atoms with Gasteiger partial charge in [-0.2, -0.15) is 0 Å². The highest BCUT2D eigenvalue weighted by Gasteiger charge is 2.35. The van der Waals surface area contributed by atoms with Gasteiger partial charge in [0.1, 0.15) is 6.04 Å². The number of hydrogen-bond acceptors (Lipinski definition) is 3. The van der Waals surface area contributed by atoms with E-state index in [1.165, 1.54) is 0 Å². The summed E-state index contributed by atoms with van der Waals surface area (Å²) < 4.78 is 0. The van der Waals surface area contributed by atoms with Crippen molar-refractivity contribution >= 4 is 11.6 Å². The average Bonchev–Trinajstić information content (AvgIpc) is 2.52. The first-order valence-electron chi connectivity index (χ1n) is 5.39. The molecule has 1 aliphatic heterocycles. The number of likely N-dealkylation sites (N-methyl/N-ethyl adjacent to an activating group) is 1. The lowest BCUT2D eigenvalue weighted by Crippen LogP contribution is -2.35. The lowest BCUT2D eigenvalue weighted by molar-refractivity contribution is -0.120. The number of β-amino-alcohol motifs (C(OH)–C–C–N with tert-alkyl or cyclic N) is 1. The molecule has 0 radical (unpaired) electrons. The van der Waals surface area contributed by atoms with Crippen LogP contribution >= 0.6 is 0 Å². The third kappa shape index (κ3) is 1.60. The zero-order valence-corrected chi connectivity index (χ0v) is 9.53. The van der Waals surface area contributed by atoms with E-state index >= 15 is 0 Å². The second-order valence-corrected chi connectivity index (χ2v) is 4.00. The average molecular weight is 220 g/mol. The van der Waals surface area contributed by atoms with Crippen LogP contribution in [-0.2, 0) is 4.79 Å². The molecule has 1 aromatic rings. The molecule has 0 saturated carbocycles. The van der Waals surface area contributed by atoms with Gasteiger partial charge in [0.05, 0.1) is 6.61 Å². The van der Waals surface area contributed by atoms with Gasteiger partial charge in [-0.25, -0.2) is 0 Å². The van der Waals surface area contributed by atoms with Crippen LogP contribution in [0.1, 0.15) is 17.2 Å². The van der Waals surface area contributed by atoms with Gasteiger partial charge in [-0.3, -0.25) is 4.79 Å². The summed E-state index contributed by atoms with van der Waals surface area (Å²) in [6.07, 6.45) is 0. The molecular formula is C12H16N2O2. The normalized spacial score (nSPS) is 19.1. The second-order valence-electron chi connectivity index (χ2n) is 4.00. The third-order valence-corrected chi connectivity index (χ3v) is 2.91. The van der Waals surface area contributed by atoms with Gasteiger partial charge in [0.2, 0.25) is 5.91 Å². The number of aryl methyl sites for hydroxylation is 1. The zero-order chi connectivity index (χ0) is 11.7. The van der Waals surface area contributed by atoms with Crippen molar-refractivity contribution in [3.8, 4) is 0 Å². The first-order valence-corrected chi connectivity index (χ1v) is 5.39. The van der Waals surface area contributed by atoms with E-state index in [1.807, 2.05) is 25.1 Å². The Morgan fingerprint density at radius 3 is 2.88 bits per heavy atom. The summed E-state index contributed by atoms with van der Waals surface area (Å²) in [5, 5.41) is 12.0. The van der Waals surface area contributed by atoms with E-state index in [0.29, 0.717) is 6.54 Å². The van der Waals surface area contributed by atoms with Gasteiger partial charge < -0.3 is 15.3 Å². The molecule has 0 bridgehead atoms. The predicted molar refractivity (Wildman–Crippen MR) is 62.4 cm³/mol. The van der Waals surface area contributed by atoms with E-state index in [1.54, 1.807) is 11.9 Å². The molecule has 0 aromatic heterocycles. The summed E-state index contributed by atoms with van der Waals surface area (Å²) in [4.78, 5) is 13.7. The molecule has 1 aliphatic rings. The number of aliphatic hydroxyl groups excluding tert-OH is 1. The molecule has 0 saturated heterocycles. The Labute approximate surface area is 94.9 Å². The fraction of sp³-hybridized carbons (Fsp3) is 0.417. The minimum Gasteiger partial charge on any atom is -0.395 e. The third-order valence-electron chi connectivity index (χ3n) is 2.91. The van der Waals surface area contributed by atoms with E-state index in [2.05, 4.69) is 5.32 Å². The topological polar surface area (TPSA) is 52.6 Å². The van der Waals surface area contributed by atoms with Crippen LogP contribution in [0.25, 0.3) is 0 Å². The molecule has 1 aromatic carbocycles. The van der Waals surface area contributed by atoms with Gasteiger partial charge in [-0.05, 0) is 20.0 Å². The van der Waals surface area contributed by atoms with Crippen LogP contribution in [0.3, 0.4) is 0 Å². The second kappa shape index (κ2) is 4.23. The molecule has 0 fully saturated rings. The molecule has 1 atom stereocenters. The number of carbonyl (C=O) groups is 1. The number of nitrogens with zero attached hydrogens (tertiary/aromatic N) is 1. The maximum absolute atomic E-state index is 12.0. The Hall–Kier alpha value is -1.39. The van der Waals surface area contributed by atoms with Gasteiger partial charge in [0, 0.05) is 17.8 Å². The molecule has 4 heteroatoms. The first-order chi connectivity index (χ1) is 7.69. The summed E-state index contributed by atoms with van der Waals surface area (Å²) in [6.45, 7) is 2.34. The van der Waals surface area contributed by atoms with E-state index in [9.17, 15) is 4.79 Å². The van der Waals surface area contributed by atoms with E-state index < -0.39 is 0 Å². The van der Waals surface area contributed by atoms with Crippen molar-refractivity contribution in [2.45, 2.75) is 13.0 Å². The molecular weight excluding hydrogens is 204 g/mol. The van der Waals surface area contributed by atoms with Crippen molar-refractivity contribution in [3.63, 3.8) is 0 Å². The molecule has 16 heavy (non-hydrogen) atoms.